The minimum absolute atomic E-state index is 0.144. The van der Waals surface area contributed by atoms with Crippen LogP contribution in [0.2, 0.25) is 0 Å². The second-order valence-electron chi connectivity index (χ2n) is 5.41. The van der Waals surface area contributed by atoms with Gasteiger partial charge in [0, 0.05) is 37.2 Å². The summed E-state index contributed by atoms with van der Waals surface area (Å²) in [6, 6.07) is 5.44. The van der Waals surface area contributed by atoms with Crippen molar-refractivity contribution >= 4 is 22.8 Å². The van der Waals surface area contributed by atoms with Crippen LogP contribution in [0.5, 0.6) is 0 Å². The molecule has 2 rings (SSSR count). The first-order valence-electron chi connectivity index (χ1n) is 8.04. The van der Waals surface area contributed by atoms with Crippen molar-refractivity contribution < 1.29 is 9.59 Å². The summed E-state index contributed by atoms with van der Waals surface area (Å²) >= 11 is 1.37. The molecule has 0 radical (unpaired) electrons. The number of rotatable bonds is 9. The van der Waals surface area contributed by atoms with Crippen molar-refractivity contribution in [1.29, 1.82) is 0 Å². The van der Waals surface area contributed by atoms with Gasteiger partial charge in [0.2, 0.25) is 0 Å². The molecule has 6 nitrogen and oxygen atoms in total. The Morgan fingerprint density at radius 1 is 1.17 bits per heavy atom. The van der Waals surface area contributed by atoms with Gasteiger partial charge < -0.3 is 5.32 Å². The number of thioether (sulfide) groups is 1. The van der Waals surface area contributed by atoms with Crippen LogP contribution in [0.1, 0.15) is 43.1 Å². The average Bonchev–Trinajstić information content (AvgIpc) is 3.08. The molecule has 0 saturated carbocycles. The van der Waals surface area contributed by atoms with E-state index < -0.39 is 0 Å². The zero-order valence-electron chi connectivity index (χ0n) is 13.7. The highest BCUT2D eigenvalue weighted by atomic mass is 32.2. The van der Waals surface area contributed by atoms with Gasteiger partial charge in [-0.25, -0.2) is 0 Å². The lowest BCUT2D eigenvalue weighted by atomic mass is 10.2. The summed E-state index contributed by atoms with van der Waals surface area (Å²) in [6.07, 6.45) is 7.48. The highest BCUT2D eigenvalue weighted by Crippen LogP contribution is 2.16. The molecule has 0 bridgehead atoms. The summed E-state index contributed by atoms with van der Waals surface area (Å²) < 4.78 is 0. The summed E-state index contributed by atoms with van der Waals surface area (Å²) in [6.45, 7) is 2.23. The fourth-order valence-corrected chi connectivity index (χ4v) is 2.84. The molecular formula is C17H22N4O2S. The second-order valence-corrected chi connectivity index (χ2v) is 6.68. The number of carbonyl (C=O) groups is 2. The number of pyridine rings is 1. The van der Waals surface area contributed by atoms with Crippen molar-refractivity contribution in [3.63, 3.8) is 0 Å². The van der Waals surface area contributed by atoms with Crippen LogP contribution >= 0.6 is 11.8 Å². The second kappa shape index (κ2) is 9.87. The Hall–Kier alpha value is -2.15. The smallest absolute Gasteiger partial charge is 0.269 e. The predicted octanol–water partition coefficient (Wildman–Crippen LogP) is 3.04. The van der Waals surface area contributed by atoms with Crippen LogP contribution in [0.15, 0.2) is 30.6 Å². The van der Waals surface area contributed by atoms with Gasteiger partial charge >= 0.3 is 0 Å². The van der Waals surface area contributed by atoms with Gasteiger partial charge in [0.15, 0.2) is 5.12 Å². The van der Waals surface area contributed by atoms with E-state index in [0.717, 1.165) is 42.7 Å². The van der Waals surface area contributed by atoms with Crippen molar-refractivity contribution in [3.05, 3.63) is 36.3 Å². The molecule has 2 N–H and O–H groups in total. The van der Waals surface area contributed by atoms with Crippen LogP contribution < -0.4 is 5.32 Å². The maximum Gasteiger partial charge on any atom is 0.269 e. The molecule has 24 heavy (non-hydrogen) atoms. The number of amides is 1. The summed E-state index contributed by atoms with van der Waals surface area (Å²) in [5.41, 5.74) is 2.11. The molecule has 7 heteroatoms. The van der Waals surface area contributed by atoms with Gasteiger partial charge in [0.25, 0.3) is 5.91 Å². The Morgan fingerprint density at radius 3 is 2.67 bits per heavy atom. The molecule has 0 unspecified atom stereocenters. The Kier molecular flexibility index (Phi) is 7.48. The van der Waals surface area contributed by atoms with E-state index in [9.17, 15) is 9.59 Å². The number of hydrogen-bond acceptors (Lipinski definition) is 5. The zero-order valence-corrected chi connectivity index (χ0v) is 14.6. The lowest BCUT2D eigenvalue weighted by Gasteiger charge is -2.03. The number of carbonyl (C=O) groups excluding carboxylic acids is 2. The van der Waals surface area contributed by atoms with Crippen molar-refractivity contribution in [3.8, 4) is 11.3 Å². The third-order valence-electron chi connectivity index (χ3n) is 3.46. The molecule has 0 fully saturated rings. The molecule has 0 spiro atoms. The van der Waals surface area contributed by atoms with Crippen molar-refractivity contribution in [2.45, 2.75) is 32.6 Å². The van der Waals surface area contributed by atoms with Gasteiger partial charge in [-0.3, -0.25) is 19.7 Å². The molecule has 0 aromatic carbocycles. The first-order valence-corrected chi connectivity index (χ1v) is 9.03. The van der Waals surface area contributed by atoms with E-state index in [1.54, 1.807) is 25.4 Å². The molecule has 0 aliphatic carbocycles. The van der Waals surface area contributed by atoms with E-state index >= 15 is 0 Å². The molecule has 1 amide bonds. The number of aromatic nitrogens is 3. The lowest BCUT2D eigenvalue weighted by Crippen LogP contribution is -2.24. The normalized spacial score (nSPS) is 10.5. The summed E-state index contributed by atoms with van der Waals surface area (Å²) in [4.78, 5) is 26.8. The highest BCUT2D eigenvalue weighted by molar-refractivity contribution is 8.13. The number of nitrogens with one attached hydrogen (secondary N) is 2. The molecule has 0 atom stereocenters. The molecule has 128 valence electrons. The van der Waals surface area contributed by atoms with Crippen LogP contribution in [-0.2, 0) is 4.79 Å². The Balaban J connectivity index is 1.65. The molecular weight excluding hydrogens is 324 g/mol. The van der Waals surface area contributed by atoms with Crippen molar-refractivity contribution in [1.82, 2.24) is 20.5 Å². The summed E-state index contributed by atoms with van der Waals surface area (Å²) in [5, 5.41) is 9.99. The largest absolute Gasteiger partial charge is 0.351 e. The van der Waals surface area contributed by atoms with E-state index in [1.807, 2.05) is 12.1 Å². The Bertz CT molecular complexity index is 658. The highest BCUT2D eigenvalue weighted by Gasteiger charge is 2.10. The van der Waals surface area contributed by atoms with Crippen molar-refractivity contribution in [2.24, 2.45) is 0 Å². The van der Waals surface area contributed by atoms with Gasteiger partial charge in [0.1, 0.15) is 5.69 Å². The first kappa shape index (κ1) is 18.2. The quantitative estimate of drug-likeness (QED) is 0.681. The van der Waals surface area contributed by atoms with Crippen LogP contribution in [0.3, 0.4) is 0 Å². The van der Waals surface area contributed by atoms with E-state index in [1.165, 1.54) is 11.8 Å². The van der Waals surface area contributed by atoms with E-state index in [2.05, 4.69) is 20.5 Å². The number of hydrogen-bond donors (Lipinski definition) is 2. The number of nitrogens with zero attached hydrogens (tertiary/aromatic N) is 2. The molecule has 0 aliphatic heterocycles. The fraction of sp³-hybridized carbons (Fsp3) is 0.412. The van der Waals surface area contributed by atoms with E-state index in [4.69, 9.17) is 0 Å². The Labute approximate surface area is 145 Å². The molecule has 0 aliphatic rings. The minimum Gasteiger partial charge on any atom is -0.351 e. The van der Waals surface area contributed by atoms with Gasteiger partial charge in [-0.15, -0.1) is 0 Å². The number of H-pyrrole nitrogens is 1. The molecule has 0 saturated heterocycles. The van der Waals surface area contributed by atoms with Crippen molar-refractivity contribution in [2.75, 3.05) is 12.3 Å². The number of unbranched alkanes of at least 4 members (excludes halogenated alkanes) is 3. The predicted molar refractivity (Wildman–Crippen MR) is 95.8 cm³/mol. The number of aromatic amines is 1. The summed E-state index contributed by atoms with van der Waals surface area (Å²) in [5.74, 6) is 0.739. The summed E-state index contributed by atoms with van der Waals surface area (Å²) in [7, 11) is 0. The molecule has 2 aromatic rings. The average molecular weight is 346 g/mol. The molecule has 2 heterocycles. The maximum atomic E-state index is 12.1. The van der Waals surface area contributed by atoms with E-state index in [-0.39, 0.29) is 11.0 Å². The van der Waals surface area contributed by atoms with E-state index in [0.29, 0.717) is 12.2 Å². The fourth-order valence-electron chi connectivity index (χ4n) is 2.20. The third-order valence-corrected chi connectivity index (χ3v) is 4.36. The molecule has 2 aromatic heterocycles. The first-order chi connectivity index (χ1) is 11.7. The van der Waals surface area contributed by atoms with Crippen LogP contribution in [-0.4, -0.2) is 38.5 Å². The maximum absolute atomic E-state index is 12.1. The lowest BCUT2D eigenvalue weighted by molar-refractivity contribution is -0.109. The van der Waals surface area contributed by atoms with Gasteiger partial charge in [-0.2, -0.15) is 5.10 Å². The third kappa shape index (κ3) is 6.16. The standard InChI is InChI=1S/C17H22N4O2S/c1-13(22)24-11-5-3-2-4-8-19-17(23)16-12-15(20-21-16)14-6-9-18-10-7-14/h6-7,9-10,12H,2-5,8,11H2,1H3,(H,19,23)(H,20,21). The topological polar surface area (TPSA) is 87.7 Å². The van der Waals surface area contributed by atoms with Crippen LogP contribution in [0, 0.1) is 0 Å². The minimum atomic E-state index is -0.144. The van der Waals surface area contributed by atoms with Gasteiger partial charge in [-0.1, -0.05) is 24.6 Å². The van der Waals surface area contributed by atoms with Crippen LogP contribution in [0.25, 0.3) is 11.3 Å². The Morgan fingerprint density at radius 2 is 1.92 bits per heavy atom. The SMILES string of the molecule is CC(=O)SCCCCCCNC(=O)c1cc(-c2ccncc2)n[nH]1. The van der Waals surface area contributed by atoms with Gasteiger partial charge in [-0.05, 0) is 31.0 Å². The van der Waals surface area contributed by atoms with Gasteiger partial charge in [0.05, 0.1) is 5.69 Å². The monoisotopic (exact) mass is 346 g/mol. The zero-order chi connectivity index (χ0) is 17.2. The van der Waals surface area contributed by atoms with Crippen LogP contribution in [0.4, 0.5) is 0 Å².